The molecule has 24 heavy (non-hydrogen) atoms. The van der Waals surface area contributed by atoms with Gasteiger partial charge in [0.1, 0.15) is 5.82 Å². The molecule has 4 heteroatoms. The second kappa shape index (κ2) is 7.77. The Morgan fingerprint density at radius 1 is 1.00 bits per heavy atom. The van der Waals surface area contributed by atoms with Crippen molar-refractivity contribution in [2.45, 2.75) is 13.3 Å². The predicted molar refractivity (Wildman–Crippen MR) is 88.5 cm³/mol. The first-order chi connectivity index (χ1) is 11.4. The van der Waals surface area contributed by atoms with Gasteiger partial charge in [0, 0.05) is 5.56 Å². The summed E-state index contributed by atoms with van der Waals surface area (Å²) in [6.07, 6.45) is 7.79. The molecular weight excluding hydrogens is 316 g/mol. The zero-order valence-corrected chi connectivity index (χ0v) is 13.1. The Morgan fingerprint density at radius 2 is 1.67 bits per heavy atom. The first-order valence-electron chi connectivity index (χ1n) is 7.31. The highest BCUT2D eigenvalue weighted by molar-refractivity contribution is 5.64. The largest absolute Gasteiger partial charge is 0.206 e. The Morgan fingerprint density at radius 3 is 2.25 bits per heavy atom. The molecule has 0 bridgehead atoms. The Bertz CT molecular complexity index is 793. The lowest BCUT2D eigenvalue weighted by Crippen LogP contribution is -1.94. The van der Waals surface area contributed by atoms with Gasteiger partial charge in [-0.05, 0) is 42.7 Å². The van der Waals surface area contributed by atoms with E-state index in [0.717, 1.165) is 17.7 Å². The van der Waals surface area contributed by atoms with Gasteiger partial charge in [0.25, 0.3) is 0 Å². The number of halogens is 4. The van der Waals surface area contributed by atoms with Gasteiger partial charge in [-0.15, -0.1) is 0 Å². The second-order valence-corrected chi connectivity index (χ2v) is 5.32. The van der Waals surface area contributed by atoms with Crippen molar-refractivity contribution < 1.29 is 17.6 Å². The Kier molecular flexibility index (Phi) is 5.74. The van der Waals surface area contributed by atoms with E-state index in [4.69, 9.17) is 0 Å². The molecule has 0 atom stereocenters. The lowest BCUT2D eigenvalue weighted by molar-refractivity contribution is 0.447. The fraction of sp³-hybridized carbons (Fsp3) is 0.100. The fourth-order valence-electron chi connectivity index (χ4n) is 2.25. The molecule has 2 aromatic carbocycles. The molecule has 2 aromatic rings. The Balaban J connectivity index is 2.24. The van der Waals surface area contributed by atoms with Crippen LogP contribution in [0.1, 0.15) is 12.5 Å². The summed E-state index contributed by atoms with van der Waals surface area (Å²) in [5.41, 5.74) is 1.69. The zero-order valence-electron chi connectivity index (χ0n) is 13.1. The molecule has 0 spiro atoms. The third-order valence-corrected chi connectivity index (χ3v) is 3.44. The summed E-state index contributed by atoms with van der Waals surface area (Å²) >= 11 is 0. The molecule has 0 nitrogen and oxygen atoms in total. The summed E-state index contributed by atoms with van der Waals surface area (Å²) in [7, 11) is 0. The molecule has 0 fully saturated rings. The molecule has 0 amide bonds. The van der Waals surface area contributed by atoms with Crippen molar-refractivity contribution in [3.8, 4) is 11.1 Å². The maximum atomic E-state index is 14.2. The zero-order chi connectivity index (χ0) is 17.7. The van der Waals surface area contributed by atoms with Gasteiger partial charge in [-0.3, -0.25) is 0 Å². The van der Waals surface area contributed by atoms with Crippen LogP contribution in [0.5, 0.6) is 0 Å². The van der Waals surface area contributed by atoms with E-state index in [0.29, 0.717) is 12.0 Å². The molecular formula is C20H16F4. The van der Waals surface area contributed by atoms with Gasteiger partial charge in [0.05, 0.1) is 0 Å². The minimum absolute atomic E-state index is 0.0169. The third-order valence-electron chi connectivity index (χ3n) is 3.44. The van der Waals surface area contributed by atoms with Crippen LogP contribution in [0.4, 0.5) is 17.6 Å². The van der Waals surface area contributed by atoms with E-state index < -0.39 is 23.3 Å². The highest BCUT2D eigenvalue weighted by Crippen LogP contribution is 2.27. The summed E-state index contributed by atoms with van der Waals surface area (Å²) in [5.74, 6) is -4.88. The molecule has 0 saturated carbocycles. The van der Waals surface area contributed by atoms with Crippen molar-refractivity contribution in [3.05, 3.63) is 95.6 Å². The van der Waals surface area contributed by atoms with E-state index in [1.165, 1.54) is 12.1 Å². The Hall–Kier alpha value is -2.62. The van der Waals surface area contributed by atoms with Crippen LogP contribution in [-0.4, -0.2) is 0 Å². The van der Waals surface area contributed by atoms with Crippen molar-refractivity contribution in [1.29, 1.82) is 0 Å². The van der Waals surface area contributed by atoms with Crippen LogP contribution in [-0.2, 0) is 6.42 Å². The predicted octanol–water partition coefficient (Wildman–Crippen LogP) is 6.14. The molecule has 124 valence electrons. The van der Waals surface area contributed by atoms with E-state index >= 15 is 0 Å². The molecule has 0 saturated heterocycles. The van der Waals surface area contributed by atoms with Crippen molar-refractivity contribution in [2.75, 3.05) is 0 Å². The van der Waals surface area contributed by atoms with Crippen LogP contribution in [0.3, 0.4) is 0 Å². The van der Waals surface area contributed by atoms with E-state index in [1.54, 1.807) is 12.1 Å². The molecule has 0 aromatic heterocycles. The quantitative estimate of drug-likeness (QED) is 0.350. The molecule has 2 rings (SSSR count). The van der Waals surface area contributed by atoms with Crippen molar-refractivity contribution >= 4 is 0 Å². The van der Waals surface area contributed by atoms with Crippen LogP contribution < -0.4 is 0 Å². The maximum absolute atomic E-state index is 14.2. The monoisotopic (exact) mass is 332 g/mol. The first kappa shape index (κ1) is 17.7. The van der Waals surface area contributed by atoms with Gasteiger partial charge < -0.3 is 0 Å². The molecule has 0 aliphatic carbocycles. The molecule has 0 unspecified atom stereocenters. The van der Waals surface area contributed by atoms with Gasteiger partial charge >= 0.3 is 0 Å². The van der Waals surface area contributed by atoms with E-state index in [-0.39, 0.29) is 11.1 Å². The van der Waals surface area contributed by atoms with Crippen LogP contribution in [0.15, 0.2) is 66.8 Å². The van der Waals surface area contributed by atoms with Gasteiger partial charge in [-0.2, -0.15) is 0 Å². The van der Waals surface area contributed by atoms with Crippen LogP contribution >= 0.6 is 0 Å². The lowest BCUT2D eigenvalue weighted by atomic mass is 10.0. The van der Waals surface area contributed by atoms with Gasteiger partial charge in [-0.1, -0.05) is 48.6 Å². The molecule has 0 heterocycles. The van der Waals surface area contributed by atoms with Crippen LogP contribution in [0, 0.1) is 23.3 Å². The highest BCUT2D eigenvalue weighted by Gasteiger charge is 2.14. The Labute approximate surface area is 138 Å². The average molecular weight is 332 g/mol. The standard InChI is InChI=1S/C20H16F4/c1-3-5-13(2)6-4-7-14-8-9-16(17(21)10-14)15-11-18(22)20(24)19(23)12-15/h3-6,8-12H,1,7H2,2H3/b6-4-,13-5-. The van der Waals surface area contributed by atoms with E-state index in [9.17, 15) is 17.6 Å². The second-order valence-electron chi connectivity index (χ2n) is 5.32. The fourth-order valence-corrected chi connectivity index (χ4v) is 2.25. The first-order valence-corrected chi connectivity index (χ1v) is 7.31. The minimum Gasteiger partial charge on any atom is -0.206 e. The van der Waals surface area contributed by atoms with E-state index in [1.807, 2.05) is 25.2 Å². The number of hydrogen-bond donors (Lipinski definition) is 0. The SMILES string of the molecule is C=C/C=C(C)\C=C/Cc1ccc(-c2cc(F)c(F)c(F)c2)c(F)c1. The molecule has 0 N–H and O–H groups in total. The maximum Gasteiger partial charge on any atom is 0.194 e. The number of hydrogen-bond acceptors (Lipinski definition) is 0. The summed E-state index contributed by atoms with van der Waals surface area (Å²) in [6, 6.07) is 5.94. The smallest absolute Gasteiger partial charge is 0.194 e. The number of rotatable bonds is 5. The van der Waals surface area contributed by atoms with Crippen molar-refractivity contribution in [1.82, 2.24) is 0 Å². The summed E-state index contributed by atoms with van der Waals surface area (Å²) in [5, 5.41) is 0. The molecule has 0 aliphatic rings. The topological polar surface area (TPSA) is 0 Å². The van der Waals surface area contributed by atoms with Crippen molar-refractivity contribution in [3.63, 3.8) is 0 Å². The lowest BCUT2D eigenvalue weighted by Gasteiger charge is -2.07. The average Bonchev–Trinajstić information content (AvgIpc) is 2.52. The van der Waals surface area contributed by atoms with E-state index in [2.05, 4.69) is 6.58 Å². The van der Waals surface area contributed by atoms with Gasteiger partial charge in [0.2, 0.25) is 0 Å². The number of benzene rings is 2. The summed E-state index contributed by atoms with van der Waals surface area (Å²) in [4.78, 5) is 0. The minimum atomic E-state index is -1.57. The third kappa shape index (κ3) is 4.22. The summed E-state index contributed by atoms with van der Waals surface area (Å²) in [6.45, 7) is 5.51. The normalized spacial score (nSPS) is 12.0. The molecule has 0 aliphatic heterocycles. The van der Waals surface area contributed by atoms with Crippen LogP contribution in [0.25, 0.3) is 11.1 Å². The number of allylic oxidation sites excluding steroid dienone is 5. The van der Waals surface area contributed by atoms with Gasteiger partial charge in [-0.25, -0.2) is 17.6 Å². The highest BCUT2D eigenvalue weighted by atomic mass is 19.2. The van der Waals surface area contributed by atoms with Gasteiger partial charge in [0.15, 0.2) is 17.5 Å². The van der Waals surface area contributed by atoms with Crippen molar-refractivity contribution in [2.24, 2.45) is 0 Å². The molecule has 0 radical (unpaired) electrons. The van der Waals surface area contributed by atoms with Crippen LogP contribution in [0.2, 0.25) is 0 Å². The summed E-state index contributed by atoms with van der Waals surface area (Å²) < 4.78 is 53.8.